The maximum Gasteiger partial charge on any atom is 0.291 e. The number of anilines is 1. The lowest BCUT2D eigenvalue weighted by molar-refractivity contribution is -0.118. The van der Waals surface area contributed by atoms with Crippen molar-refractivity contribution in [3.8, 4) is 0 Å². The molecule has 1 aliphatic rings. The van der Waals surface area contributed by atoms with Crippen molar-refractivity contribution in [2.45, 2.75) is 32.2 Å². The molecule has 33 heavy (non-hydrogen) atoms. The molecule has 3 N–H and O–H groups in total. The van der Waals surface area contributed by atoms with Gasteiger partial charge in [0.15, 0.2) is 0 Å². The Hall–Kier alpha value is -4.07. The molecule has 0 bridgehead atoms. The number of hydrogen-bond donors (Lipinski definition) is 3. The second kappa shape index (κ2) is 10.0. The number of nitrogens with one attached hydrogen (secondary N) is 3. The first-order valence-corrected chi connectivity index (χ1v) is 10.9. The molecule has 1 aliphatic heterocycles. The van der Waals surface area contributed by atoms with Gasteiger partial charge in [-0.2, -0.15) is 0 Å². The van der Waals surface area contributed by atoms with Crippen LogP contribution in [0.3, 0.4) is 0 Å². The molecule has 0 unspecified atom stereocenters. The molecule has 3 aromatic rings. The van der Waals surface area contributed by atoms with E-state index in [4.69, 9.17) is 0 Å². The molecule has 4 rings (SSSR count). The van der Waals surface area contributed by atoms with Gasteiger partial charge in [0.05, 0.1) is 5.71 Å². The van der Waals surface area contributed by atoms with Gasteiger partial charge in [-0.15, -0.1) is 5.10 Å². The number of nitrogens with zero attached hydrogens (tertiary/aromatic N) is 3. The second-order valence-electron chi connectivity index (χ2n) is 7.80. The highest BCUT2D eigenvalue weighted by molar-refractivity contribution is 6.09. The van der Waals surface area contributed by atoms with Crippen molar-refractivity contribution in [3.05, 3.63) is 89.0 Å². The van der Waals surface area contributed by atoms with Crippen LogP contribution < -0.4 is 10.6 Å². The molecule has 2 amide bonds. The number of hydrogen-bond acceptors (Lipinski definition) is 5. The summed E-state index contributed by atoms with van der Waals surface area (Å²) in [5.74, 6) is -0.127. The highest BCUT2D eigenvalue weighted by Gasteiger charge is 2.27. The lowest BCUT2D eigenvalue weighted by atomic mass is 10.0. The first-order chi connectivity index (χ1) is 16.1. The van der Waals surface area contributed by atoms with E-state index in [1.54, 1.807) is 7.05 Å². The largest absolute Gasteiger partial charge is 0.337 e. The quantitative estimate of drug-likeness (QED) is 0.509. The maximum absolute atomic E-state index is 12.8. The van der Waals surface area contributed by atoms with Gasteiger partial charge in [0.1, 0.15) is 11.9 Å². The number of aromatic amines is 1. The summed E-state index contributed by atoms with van der Waals surface area (Å²) >= 11 is 0. The summed E-state index contributed by atoms with van der Waals surface area (Å²) in [5.41, 5.74) is 4.67. The van der Waals surface area contributed by atoms with E-state index >= 15 is 0 Å². The topological polar surface area (TPSA) is 112 Å². The summed E-state index contributed by atoms with van der Waals surface area (Å²) in [6.07, 6.45) is 5.53. The highest BCUT2D eigenvalue weighted by atomic mass is 16.2. The van der Waals surface area contributed by atoms with E-state index in [0.29, 0.717) is 25.1 Å². The maximum atomic E-state index is 12.8. The summed E-state index contributed by atoms with van der Waals surface area (Å²) in [5, 5.41) is 12.5. The number of fused-ring (bicyclic) bond motifs is 1. The van der Waals surface area contributed by atoms with Crippen LogP contribution >= 0.6 is 0 Å². The zero-order valence-electron chi connectivity index (χ0n) is 18.6. The SMILES string of the molecule is C/C=C\C(=NC)c1ccc2c(c1)CC[C@H](NC(=O)c1n[nH]c(Cc3ccccc3)n1)C(=O)N2. The Morgan fingerprint density at radius 3 is 2.82 bits per heavy atom. The minimum atomic E-state index is -0.681. The monoisotopic (exact) mass is 442 g/mol. The van der Waals surface area contributed by atoms with Crippen LogP contribution in [-0.2, 0) is 17.6 Å². The van der Waals surface area contributed by atoms with Crippen molar-refractivity contribution in [1.82, 2.24) is 20.5 Å². The highest BCUT2D eigenvalue weighted by Crippen LogP contribution is 2.24. The normalized spacial score (nSPS) is 16.2. The van der Waals surface area contributed by atoms with E-state index < -0.39 is 11.9 Å². The number of aliphatic imine (C=N–C) groups is 1. The van der Waals surface area contributed by atoms with Crippen LogP contribution in [0.5, 0.6) is 0 Å². The zero-order chi connectivity index (χ0) is 23.2. The van der Waals surface area contributed by atoms with Gasteiger partial charge in [-0.3, -0.25) is 19.7 Å². The van der Waals surface area contributed by atoms with Gasteiger partial charge >= 0.3 is 0 Å². The van der Waals surface area contributed by atoms with Gasteiger partial charge in [-0.05, 0) is 49.1 Å². The molecule has 0 aliphatic carbocycles. The van der Waals surface area contributed by atoms with E-state index in [9.17, 15) is 9.59 Å². The molecule has 0 spiro atoms. The third-order valence-corrected chi connectivity index (χ3v) is 5.50. The number of aryl methyl sites for hydroxylation is 1. The van der Waals surface area contributed by atoms with Crippen LogP contribution in [0.1, 0.15) is 46.5 Å². The molecular weight excluding hydrogens is 416 g/mol. The zero-order valence-corrected chi connectivity index (χ0v) is 18.6. The number of carbonyl (C=O) groups excluding carboxylic acids is 2. The van der Waals surface area contributed by atoms with Crippen LogP contribution in [0, 0.1) is 0 Å². The van der Waals surface area contributed by atoms with Crippen LogP contribution in [0.2, 0.25) is 0 Å². The minimum Gasteiger partial charge on any atom is -0.337 e. The fraction of sp³-hybridized carbons (Fsp3) is 0.240. The third kappa shape index (κ3) is 5.23. The van der Waals surface area contributed by atoms with E-state index in [1.807, 2.05) is 67.6 Å². The van der Waals surface area contributed by atoms with Crippen molar-refractivity contribution in [2.24, 2.45) is 4.99 Å². The van der Waals surface area contributed by atoms with Crippen LogP contribution in [0.25, 0.3) is 0 Å². The number of H-pyrrole nitrogens is 1. The molecule has 8 heteroatoms. The second-order valence-corrected chi connectivity index (χ2v) is 7.80. The standard InChI is InChI=1S/C25H26N6O2/c1-3-7-19(26-2)17-10-12-20-18(15-17)11-13-21(24(32)27-20)28-25(33)23-29-22(30-31-23)14-16-8-5-4-6-9-16/h3-10,12,15,21H,11,13-14H2,1-2H3,(H,27,32)(H,28,33)(H,29,30,31)/b7-3-,26-19?/t21-/m0/s1. The Balaban J connectivity index is 1.43. The summed E-state index contributed by atoms with van der Waals surface area (Å²) in [6.45, 7) is 1.95. The van der Waals surface area contributed by atoms with Gasteiger partial charge in [0.2, 0.25) is 11.7 Å². The summed E-state index contributed by atoms with van der Waals surface area (Å²) in [7, 11) is 1.75. The van der Waals surface area contributed by atoms with Crippen molar-refractivity contribution < 1.29 is 9.59 Å². The van der Waals surface area contributed by atoms with Gasteiger partial charge in [-0.1, -0.05) is 42.5 Å². The predicted octanol–water partition coefficient (Wildman–Crippen LogP) is 3.07. The summed E-state index contributed by atoms with van der Waals surface area (Å²) in [4.78, 5) is 34.1. The van der Waals surface area contributed by atoms with Crippen LogP contribution in [0.4, 0.5) is 5.69 Å². The Morgan fingerprint density at radius 1 is 1.24 bits per heavy atom. The molecule has 2 aromatic carbocycles. The van der Waals surface area contributed by atoms with Gasteiger partial charge in [0, 0.05) is 24.7 Å². The first-order valence-electron chi connectivity index (χ1n) is 10.9. The van der Waals surface area contributed by atoms with E-state index in [0.717, 1.165) is 28.1 Å². The number of carbonyl (C=O) groups is 2. The van der Waals surface area contributed by atoms with Crippen molar-refractivity contribution in [2.75, 3.05) is 12.4 Å². The average molecular weight is 443 g/mol. The van der Waals surface area contributed by atoms with Crippen molar-refractivity contribution in [1.29, 1.82) is 0 Å². The van der Waals surface area contributed by atoms with E-state index in [1.165, 1.54) is 0 Å². The molecule has 0 saturated carbocycles. The Bertz CT molecular complexity index is 1210. The summed E-state index contributed by atoms with van der Waals surface area (Å²) < 4.78 is 0. The lowest BCUT2D eigenvalue weighted by Crippen LogP contribution is -2.43. The molecule has 0 saturated heterocycles. The van der Waals surface area contributed by atoms with Gasteiger partial charge < -0.3 is 10.6 Å². The number of amides is 2. The average Bonchev–Trinajstić information content (AvgIpc) is 3.23. The fourth-order valence-corrected chi connectivity index (χ4v) is 3.82. The number of allylic oxidation sites excluding steroid dienone is 2. The number of benzene rings is 2. The first kappa shape index (κ1) is 22.1. The third-order valence-electron chi connectivity index (χ3n) is 5.50. The molecule has 0 radical (unpaired) electrons. The smallest absolute Gasteiger partial charge is 0.291 e. The molecule has 8 nitrogen and oxygen atoms in total. The molecule has 0 fully saturated rings. The minimum absolute atomic E-state index is 0.0212. The Kier molecular flexibility index (Phi) is 6.73. The van der Waals surface area contributed by atoms with Crippen molar-refractivity contribution >= 4 is 23.2 Å². The fourth-order valence-electron chi connectivity index (χ4n) is 3.82. The molecule has 1 atom stereocenters. The molecule has 2 heterocycles. The molecule has 1 aromatic heterocycles. The van der Waals surface area contributed by atoms with Gasteiger partial charge in [0.25, 0.3) is 5.91 Å². The number of rotatable bonds is 6. The lowest BCUT2D eigenvalue weighted by Gasteiger charge is -2.13. The van der Waals surface area contributed by atoms with E-state index in [2.05, 4.69) is 30.8 Å². The Labute approximate surface area is 192 Å². The van der Waals surface area contributed by atoms with Gasteiger partial charge in [-0.25, -0.2) is 4.98 Å². The predicted molar refractivity (Wildman–Crippen MR) is 128 cm³/mol. The van der Waals surface area contributed by atoms with Crippen LogP contribution in [0.15, 0.2) is 65.7 Å². The van der Waals surface area contributed by atoms with Crippen molar-refractivity contribution in [3.63, 3.8) is 0 Å². The van der Waals surface area contributed by atoms with Crippen LogP contribution in [-0.4, -0.2) is 45.8 Å². The Morgan fingerprint density at radius 2 is 2.06 bits per heavy atom. The molecular formula is C25H26N6O2. The number of aromatic nitrogens is 3. The summed E-state index contributed by atoms with van der Waals surface area (Å²) in [6, 6.07) is 15.0. The van der Waals surface area contributed by atoms with E-state index in [-0.39, 0.29) is 11.7 Å². The molecule has 168 valence electrons.